The summed E-state index contributed by atoms with van der Waals surface area (Å²) in [6.07, 6.45) is 0.839. The number of nitro groups is 1. The van der Waals surface area contributed by atoms with Crippen LogP contribution >= 0.6 is 23.2 Å². The summed E-state index contributed by atoms with van der Waals surface area (Å²) in [6.45, 7) is 5.32. The minimum Gasteiger partial charge on any atom is -0.385 e. The molecule has 0 fully saturated rings. The lowest BCUT2D eigenvalue weighted by Gasteiger charge is -2.25. The summed E-state index contributed by atoms with van der Waals surface area (Å²) < 4.78 is 5.05. The maximum absolute atomic E-state index is 11.0. The lowest BCUT2D eigenvalue weighted by Crippen LogP contribution is -2.25. The summed E-state index contributed by atoms with van der Waals surface area (Å²) in [5.74, 6) is 0. The molecule has 0 heterocycles. The Morgan fingerprint density at radius 3 is 2.50 bits per heavy atom. The summed E-state index contributed by atoms with van der Waals surface area (Å²) in [6, 6.07) is 2.74. The second kappa shape index (κ2) is 7.11. The van der Waals surface area contributed by atoms with E-state index in [2.05, 4.69) is 19.2 Å². The molecule has 0 aliphatic carbocycles. The van der Waals surface area contributed by atoms with E-state index in [4.69, 9.17) is 27.9 Å². The van der Waals surface area contributed by atoms with Crippen molar-refractivity contribution in [1.82, 2.24) is 0 Å². The van der Waals surface area contributed by atoms with Crippen molar-refractivity contribution in [2.45, 2.75) is 20.3 Å². The van der Waals surface area contributed by atoms with Crippen molar-refractivity contribution in [3.63, 3.8) is 0 Å². The van der Waals surface area contributed by atoms with Gasteiger partial charge in [0, 0.05) is 26.3 Å². The van der Waals surface area contributed by atoms with Gasteiger partial charge in [-0.2, -0.15) is 0 Å². The van der Waals surface area contributed by atoms with Crippen LogP contribution in [-0.4, -0.2) is 25.2 Å². The number of methoxy groups -OCH3 is 1. The van der Waals surface area contributed by atoms with Gasteiger partial charge in [0.05, 0.1) is 15.0 Å². The van der Waals surface area contributed by atoms with Crippen LogP contribution in [0, 0.1) is 15.5 Å². The number of rotatable bonds is 7. The highest BCUT2D eigenvalue weighted by Gasteiger charge is 2.21. The van der Waals surface area contributed by atoms with Crippen molar-refractivity contribution in [2.75, 3.05) is 25.6 Å². The van der Waals surface area contributed by atoms with Crippen molar-refractivity contribution < 1.29 is 9.66 Å². The lowest BCUT2D eigenvalue weighted by atomic mass is 9.89. The number of hydrogen-bond acceptors (Lipinski definition) is 4. The maximum atomic E-state index is 11.0. The van der Waals surface area contributed by atoms with Crippen molar-refractivity contribution in [1.29, 1.82) is 0 Å². The molecule has 7 heteroatoms. The molecular weight excluding hydrogens is 303 g/mol. The highest BCUT2D eigenvalue weighted by atomic mass is 35.5. The zero-order valence-electron chi connectivity index (χ0n) is 11.7. The van der Waals surface area contributed by atoms with Crippen LogP contribution in [-0.2, 0) is 4.74 Å². The Balaban J connectivity index is 2.86. The van der Waals surface area contributed by atoms with Gasteiger partial charge in [-0.3, -0.25) is 10.1 Å². The largest absolute Gasteiger partial charge is 0.385 e. The third kappa shape index (κ3) is 4.81. The fourth-order valence-electron chi connectivity index (χ4n) is 1.63. The van der Waals surface area contributed by atoms with Crippen molar-refractivity contribution in [3.8, 4) is 0 Å². The zero-order valence-corrected chi connectivity index (χ0v) is 13.2. The monoisotopic (exact) mass is 320 g/mol. The van der Waals surface area contributed by atoms with Crippen LogP contribution < -0.4 is 5.32 Å². The van der Waals surface area contributed by atoms with Crippen LogP contribution in [0.25, 0.3) is 0 Å². The molecule has 0 unspecified atom stereocenters. The third-order valence-electron chi connectivity index (χ3n) is 2.98. The topological polar surface area (TPSA) is 64.4 Å². The van der Waals surface area contributed by atoms with Gasteiger partial charge in [-0.15, -0.1) is 0 Å². The molecule has 1 rings (SSSR count). The highest BCUT2D eigenvalue weighted by Crippen LogP contribution is 2.34. The van der Waals surface area contributed by atoms with E-state index in [0.717, 1.165) is 6.42 Å². The third-order valence-corrected chi connectivity index (χ3v) is 3.70. The van der Waals surface area contributed by atoms with E-state index in [0.29, 0.717) is 18.8 Å². The van der Waals surface area contributed by atoms with Crippen LogP contribution in [0.4, 0.5) is 11.4 Å². The number of hydrogen-bond donors (Lipinski definition) is 1. The molecule has 112 valence electrons. The predicted molar refractivity (Wildman–Crippen MR) is 81.9 cm³/mol. The number of ether oxygens (including phenoxy) is 1. The Morgan fingerprint density at radius 1 is 1.35 bits per heavy atom. The molecule has 0 saturated carbocycles. The zero-order chi connectivity index (χ0) is 15.3. The smallest absolute Gasteiger partial charge is 0.293 e. The Kier molecular flexibility index (Phi) is 6.05. The van der Waals surface area contributed by atoms with Gasteiger partial charge in [0.25, 0.3) is 5.69 Å². The van der Waals surface area contributed by atoms with Crippen LogP contribution in [0.2, 0.25) is 10.0 Å². The molecule has 0 aromatic heterocycles. The molecule has 0 amide bonds. The van der Waals surface area contributed by atoms with Gasteiger partial charge in [-0.1, -0.05) is 37.0 Å². The number of nitro benzene ring substituents is 1. The van der Waals surface area contributed by atoms with Crippen molar-refractivity contribution >= 4 is 34.6 Å². The molecule has 1 aromatic rings. The number of halogens is 2. The Hall–Kier alpha value is -1.04. The minimum atomic E-state index is -0.479. The molecule has 1 aromatic carbocycles. The number of nitrogens with one attached hydrogen (secondary N) is 1. The van der Waals surface area contributed by atoms with Crippen LogP contribution in [0.5, 0.6) is 0 Å². The highest BCUT2D eigenvalue weighted by molar-refractivity contribution is 6.42. The standard InChI is InChI=1S/C13H18Cl2N2O3/c1-13(2,4-5-20-3)8-16-11-6-9(14)10(15)7-12(11)17(18)19/h6-7,16H,4-5,8H2,1-3H3. The first-order chi connectivity index (χ1) is 9.26. The van der Waals surface area contributed by atoms with Gasteiger partial charge in [0.1, 0.15) is 5.69 Å². The molecule has 1 N–H and O–H groups in total. The Labute approximate surface area is 128 Å². The second-order valence-electron chi connectivity index (χ2n) is 5.30. The molecule has 0 radical (unpaired) electrons. The fraction of sp³-hybridized carbons (Fsp3) is 0.538. The van der Waals surface area contributed by atoms with E-state index in [-0.39, 0.29) is 21.1 Å². The number of nitrogens with zero attached hydrogens (tertiary/aromatic N) is 1. The van der Waals surface area contributed by atoms with Crippen LogP contribution in [0.3, 0.4) is 0 Å². The first-order valence-electron chi connectivity index (χ1n) is 6.13. The molecule has 20 heavy (non-hydrogen) atoms. The first-order valence-corrected chi connectivity index (χ1v) is 6.88. The molecule has 0 saturated heterocycles. The summed E-state index contributed by atoms with van der Waals surface area (Å²) in [5.41, 5.74) is 0.229. The minimum absolute atomic E-state index is 0.0595. The maximum Gasteiger partial charge on any atom is 0.293 e. The summed E-state index contributed by atoms with van der Waals surface area (Å²) in [4.78, 5) is 10.5. The molecule has 0 aliphatic heterocycles. The predicted octanol–water partition coefficient (Wildman–Crippen LogP) is 4.38. The Bertz CT molecular complexity index is 493. The van der Waals surface area contributed by atoms with Gasteiger partial charge < -0.3 is 10.1 Å². The average molecular weight is 321 g/mol. The SMILES string of the molecule is COCCC(C)(C)CNc1cc(Cl)c(Cl)cc1[N+](=O)[O-]. The van der Waals surface area contributed by atoms with E-state index >= 15 is 0 Å². The van der Waals surface area contributed by atoms with Gasteiger partial charge >= 0.3 is 0 Å². The van der Waals surface area contributed by atoms with Gasteiger partial charge in [0.15, 0.2) is 0 Å². The van der Waals surface area contributed by atoms with E-state index in [9.17, 15) is 10.1 Å². The van der Waals surface area contributed by atoms with Crippen LogP contribution in [0.1, 0.15) is 20.3 Å². The first kappa shape index (κ1) is 17.0. The fourth-order valence-corrected chi connectivity index (χ4v) is 1.95. The lowest BCUT2D eigenvalue weighted by molar-refractivity contribution is -0.383. The molecule has 0 atom stereocenters. The molecule has 0 spiro atoms. The summed E-state index contributed by atoms with van der Waals surface area (Å²) >= 11 is 11.7. The van der Waals surface area contributed by atoms with Gasteiger partial charge in [0.2, 0.25) is 0 Å². The van der Waals surface area contributed by atoms with E-state index in [1.807, 2.05) is 0 Å². The van der Waals surface area contributed by atoms with E-state index in [1.165, 1.54) is 12.1 Å². The van der Waals surface area contributed by atoms with Crippen molar-refractivity contribution in [2.24, 2.45) is 5.41 Å². The van der Waals surface area contributed by atoms with E-state index in [1.54, 1.807) is 7.11 Å². The number of benzene rings is 1. The van der Waals surface area contributed by atoms with E-state index < -0.39 is 4.92 Å². The quantitative estimate of drug-likeness (QED) is 0.598. The average Bonchev–Trinajstić information content (AvgIpc) is 2.37. The molecule has 5 nitrogen and oxygen atoms in total. The van der Waals surface area contributed by atoms with Crippen molar-refractivity contribution in [3.05, 3.63) is 32.3 Å². The Morgan fingerprint density at radius 2 is 1.95 bits per heavy atom. The summed E-state index contributed by atoms with van der Waals surface area (Å²) in [5, 5.41) is 14.6. The number of anilines is 1. The van der Waals surface area contributed by atoms with Gasteiger partial charge in [-0.25, -0.2) is 0 Å². The summed E-state index contributed by atoms with van der Waals surface area (Å²) in [7, 11) is 1.65. The molecule has 0 aliphatic rings. The molecular formula is C13H18Cl2N2O3. The van der Waals surface area contributed by atoms with Crippen LogP contribution in [0.15, 0.2) is 12.1 Å². The molecule has 0 bridgehead atoms. The van der Waals surface area contributed by atoms with Gasteiger partial charge in [-0.05, 0) is 17.9 Å². The second-order valence-corrected chi connectivity index (χ2v) is 6.12. The normalized spacial score (nSPS) is 11.4.